The molecule has 1 aromatic rings. The molecule has 0 unspecified atom stereocenters. The van der Waals surface area contributed by atoms with E-state index in [1.807, 2.05) is 0 Å². The van der Waals surface area contributed by atoms with E-state index in [1.165, 1.54) is 7.11 Å². The van der Waals surface area contributed by atoms with E-state index in [9.17, 15) is 9.90 Å². The predicted molar refractivity (Wildman–Crippen MR) is 51.3 cm³/mol. The van der Waals surface area contributed by atoms with E-state index >= 15 is 0 Å². The monoisotopic (exact) mass is 259 g/mol. The molecule has 0 aliphatic rings. The Balaban J connectivity index is 3.16. The van der Waals surface area contributed by atoms with Crippen LogP contribution in [0.4, 0.5) is 0 Å². The third kappa shape index (κ3) is 2.24. The summed E-state index contributed by atoms with van der Waals surface area (Å²) in [5.41, 5.74) is 4.00. The van der Waals surface area contributed by atoms with E-state index in [0.717, 1.165) is 4.47 Å². The third-order valence-electron chi connectivity index (χ3n) is 1.85. The summed E-state index contributed by atoms with van der Waals surface area (Å²) in [6, 6.07) is 4.18. The van der Waals surface area contributed by atoms with Crippen LogP contribution in [0.1, 0.15) is 11.6 Å². The van der Waals surface area contributed by atoms with Crippen LogP contribution in [0.2, 0.25) is 0 Å². The SMILES string of the molecule is COc1ccc(Br)cc1[C@H]([NH3+])C(=O)[O-]. The molecule has 4 nitrogen and oxygen atoms in total. The van der Waals surface area contributed by atoms with Gasteiger partial charge in [-0.05, 0) is 18.2 Å². The standard InChI is InChI=1S/C9H10BrNO3/c1-14-7-3-2-5(10)4-6(7)8(11)9(12)13/h2-4,8H,11H2,1H3,(H,12,13)/t8-/m0/s1. The number of hydrogen-bond donors (Lipinski definition) is 1. The van der Waals surface area contributed by atoms with Crippen LogP contribution in [0, 0.1) is 0 Å². The lowest BCUT2D eigenvalue weighted by atomic mass is 10.1. The topological polar surface area (TPSA) is 77.0 Å². The minimum atomic E-state index is -1.22. The maximum absolute atomic E-state index is 10.6. The summed E-state index contributed by atoms with van der Waals surface area (Å²) in [6.07, 6.45) is 0. The first-order chi connectivity index (χ1) is 6.56. The Hall–Kier alpha value is -1.07. The number of ether oxygens (including phenoxy) is 1. The number of benzene rings is 1. The molecule has 76 valence electrons. The van der Waals surface area contributed by atoms with E-state index in [4.69, 9.17) is 4.74 Å². The van der Waals surface area contributed by atoms with Gasteiger partial charge in [0.05, 0.1) is 12.7 Å². The summed E-state index contributed by atoms with van der Waals surface area (Å²) in [7, 11) is 1.48. The maximum Gasteiger partial charge on any atom is 0.154 e. The Kier molecular flexibility index (Phi) is 3.49. The zero-order valence-electron chi connectivity index (χ0n) is 7.62. The zero-order chi connectivity index (χ0) is 10.7. The second kappa shape index (κ2) is 4.43. The van der Waals surface area contributed by atoms with Gasteiger partial charge in [0.15, 0.2) is 6.04 Å². The summed E-state index contributed by atoms with van der Waals surface area (Å²) < 4.78 is 5.80. The van der Waals surface area contributed by atoms with E-state index < -0.39 is 12.0 Å². The number of quaternary nitrogens is 1. The number of carboxylic acid groups (broad SMARTS) is 1. The molecular formula is C9H10BrNO3. The minimum absolute atomic E-state index is 0.498. The van der Waals surface area contributed by atoms with Crippen molar-refractivity contribution in [2.75, 3.05) is 7.11 Å². The molecule has 0 radical (unpaired) electrons. The van der Waals surface area contributed by atoms with Crippen LogP contribution in [-0.2, 0) is 4.79 Å². The van der Waals surface area contributed by atoms with Crippen LogP contribution in [-0.4, -0.2) is 13.1 Å². The molecule has 0 spiro atoms. The first-order valence-electron chi connectivity index (χ1n) is 3.93. The Bertz CT molecular complexity index is 354. The largest absolute Gasteiger partial charge is 0.544 e. The predicted octanol–water partition coefficient (Wildman–Crippen LogP) is -0.509. The molecule has 0 aliphatic carbocycles. The number of halogens is 1. The lowest BCUT2D eigenvalue weighted by molar-refractivity contribution is -0.443. The van der Waals surface area contributed by atoms with Gasteiger partial charge in [-0.1, -0.05) is 15.9 Å². The lowest BCUT2D eigenvalue weighted by Gasteiger charge is -2.13. The Morgan fingerprint density at radius 3 is 2.79 bits per heavy atom. The normalized spacial score (nSPS) is 12.2. The van der Waals surface area contributed by atoms with Crippen molar-refractivity contribution in [2.24, 2.45) is 0 Å². The fourth-order valence-electron chi connectivity index (χ4n) is 1.10. The molecule has 0 heterocycles. The van der Waals surface area contributed by atoms with Crippen LogP contribution in [0.15, 0.2) is 22.7 Å². The molecule has 3 N–H and O–H groups in total. The number of carbonyl (C=O) groups excluding carboxylic acids is 1. The van der Waals surface area contributed by atoms with Crippen molar-refractivity contribution in [1.82, 2.24) is 0 Å². The van der Waals surface area contributed by atoms with Gasteiger partial charge in [0, 0.05) is 4.47 Å². The van der Waals surface area contributed by atoms with Crippen LogP contribution >= 0.6 is 15.9 Å². The van der Waals surface area contributed by atoms with Gasteiger partial charge >= 0.3 is 0 Å². The molecule has 0 saturated heterocycles. The van der Waals surface area contributed by atoms with Crippen LogP contribution in [0.25, 0.3) is 0 Å². The van der Waals surface area contributed by atoms with Gasteiger partial charge in [-0.2, -0.15) is 0 Å². The van der Waals surface area contributed by atoms with Crippen molar-refractivity contribution < 1.29 is 20.4 Å². The summed E-state index contributed by atoms with van der Waals surface area (Å²) in [5.74, 6) is -0.723. The van der Waals surface area contributed by atoms with Gasteiger partial charge in [-0.3, -0.25) is 0 Å². The molecule has 14 heavy (non-hydrogen) atoms. The highest BCUT2D eigenvalue weighted by molar-refractivity contribution is 9.10. The van der Waals surface area contributed by atoms with E-state index in [1.54, 1.807) is 18.2 Å². The molecular weight excluding hydrogens is 250 g/mol. The van der Waals surface area contributed by atoms with E-state index in [-0.39, 0.29) is 0 Å². The summed E-state index contributed by atoms with van der Waals surface area (Å²) in [6.45, 7) is 0. The third-order valence-corrected chi connectivity index (χ3v) is 2.34. The van der Waals surface area contributed by atoms with Crippen molar-refractivity contribution in [3.8, 4) is 5.75 Å². The van der Waals surface area contributed by atoms with Crippen molar-refractivity contribution in [3.05, 3.63) is 28.2 Å². The van der Waals surface area contributed by atoms with Crippen molar-refractivity contribution in [2.45, 2.75) is 6.04 Å². The molecule has 5 heteroatoms. The van der Waals surface area contributed by atoms with Crippen LogP contribution in [0.3, 0.4) is 0 Å². The van der Waals surface area contributed by atoms with E-state index in [2.05, 4.69) is 21.7 Å². The molecule has 0 fully saturated rings. The molecule has 1 rings (SSSR count). The Morgan fingerprint density at radius 1 is 1.64 bits per heavy atom. The average molecular weight is 260 g/mol. The van der Waals surface area contributed by atoms with Crippen molar-refractivity contribution >= 4 is 21.9 Å². The van der Waals surface area contributed by atoms with Crippen molar-refractivity contribution in [3.63, 3.8) is 0 Å². The highest BCUT2D eigenvalue weighted by Gasteiger charge is 2.16. The van der Waals surface area contributed by atoms with Crippen molar-refractivity contribution in [1.29, 1.82) is 0 Å². The van der Waals surface area contributed by atoms with Gasteiger partial charge < -0.3 is 20.4 Å². The number of rotatable bonds is 3. The molecule has 0 saturated carbocycles. The number of aliphatic carboxylic acids is 1. The maximum atomic E-state index is 10.6. The van der Waals surface area contributed by atoms with Gasteiger partial charge in [0.2, 0.25) is 0 Å². The average Bonchev–Trinajstić information content (AvgIpc) is 2.16. The second-order valence-corrected chi connectivity index (χ2v) is 3.67. The number of carbonyl (C=O) groups is 1. The van der Waals surface area contributed by atoms with Gasteiger partial charge in [-0.15, -0.1) is 0 Å². The van der Waals surface area contributed by atoms with E-state index in [0.29, 0.717) is 11.3 Å². The molecule has 0 amide bonds. The summed E-state index contributed by atoms with van der Waals surface area (Å²) >= 11 is 3.25. The van der Waals surface area contributed by atoms with Crippen LogP contribution in [0.5, 0.6) is 5.75 Å². The smallest absolute Gasteiger partial charge is 0.154 e. The fourth-order valence-corrected chi connectivity index (χ4v) is 1.48. The number of methoxy groups -OCH3 is 1. The minimum Gasteiger partial charge on any atom is -0.544 e. The highest BCUT2D eigenvalue weighted by atomic mass is 79.9. The molecule has 1 aromatic carbocycles. The second-order valence-electron chi connectivity index (χ2n) is 2.76. The number of carboxylic acids is 1. The Labute approximate surface area is 89.8 Å². The van der Waals surface area contributed by atoms with Gasteiger partial charge in [0.1, 0.15) is 11.7 Å². The quantitative estimate of drug-likeness (QED) is 0.795. The highest BCUT2D eigenvalue weighted by Crippen LogP contribution is 2.26. The molecule has 0 aliphatic heterocycles. The first kappa shape index (κ1) is 11.0. The van der Waals surface area contributed by atoms with Crippen LogP contribution < -0.4 is 15.6 Å². The molecule has 1 atom stereocenters. The van der Waals surface area contributed by atoms with Gasteiger partial charge in [-0.25, -0.2) is 0 Å². The first-order valence-corrected chi connectivity index (χ1v) is 4.73. The van der Waals surface area contributed by atoms with Gasteiger partial charge in [0.25, 0.3) is 0 Å². The molecule has 0 aromatic heterocycles. The fraction of sp³-hybridized carbons (Fsp3) is 0.222. The molecule has 0 bridgehead atoms. The Morgan fingerprint density at radius 2 is 2.29 bits per heavy atom. The summed E-state index contributed by atoms with van der Waals surface area (Å²) in [4.78, 5) is 10.6. The lowest BCUT2D eigenvalue weighted by Crippen LogP contribution is -2.61. The zero-order valence-corrected chi connectivity index (χ0v) is 9.21. The number of hydrogen-bond acceptors (Lipinski definition) is 3. The summed E-state index contributed by atoms with van der Waals surface area (Å²) in [5, 5.41) is 10.6.